The zero-order valence-electron chi connectivity index (χ0n) is 16.5. The van der Waals surface area contributed by atoms with Crippen molar-refractivity contribution in [2.75, 3.05) is 5.32 Å². The van der Waals surface area contributed by atoms with Gasteiger partial charge in [0.15, 0.2) is 11.6 Å². The third-order valence-corrected chi connectivity index (χ3v) is 5.79. The fourth-order valence-electron chi connectivity index (χ4n) is 4.00. The van der Waals surface area contributed by atoms with Gasteiger partial charge in [-0.25, -0.2) is 9.18 Å². The summed E-state index contributed by atoms with van der Waals surface area (Å²) < 4.78 is 20.5. The first-order valence-corrected chi connectivity index (χ1v) is 9.93. The highest BCUT2D eigenvalue weighted by atomic mass is 19.1. The Morgan fingerprint density at radius 1 is 1.21 bits per heavy atom. The standard InChI is InChI=1S/C23H24FN3O2/c1-3-23(4-2)13-20(16-8-6-9-18(24)21(16)29-23)27-22(28)26-19-10-5-7-15-11-12-25-14-17(15)19/h5-12,14,20H,3-4,13H2,1-2H3,(H2,26,27,28)/t20-/m1/s1. The van der Waals surface area contributed by atoms with Crippen LogP contribution in [0.15, 0.2) is 54.9 Å². The predicted octanol–water partition coefficient (Wildman–Crippen LogP) is 5.58. The number of rotatable bonds is 4. The van der Waals surface area contributed by atoms with Gasteiger partial charge in [0.2, 0.25) is 0 Å². The molecule has 6 heteroatoms. The van der Waals surface area contributed by atoms with Crippen molar-refractivity contribution in [2.45, 2.75) is 44.8 Å². The molecular formula is C23H24FN3O2. The summed E-state index contributed by atoms with van der Waals surface area (Å²) in [5.41, 5.74) is 0.838. The molecule has 0 saturated carbocycles. The van der Waals surface area contributed by atoms with E-state index >= 15 is 0 Å². The van der Waals surface area contributed by atoms with Crippen LogP contribution in [-0.2, 0) is 0 Å². The highest BCUT2D eigenvalue weighted by Gasteiger charge is 2.40. The molecule has 3 aromatic rings. The van der Waals surface area contributed by atoms with Gasteiger partial charge in [0, 0.05) is 29.8 Å². The van der Waals surface area contributed by atoms with Crippen LogP contribution in [0.25, 0.3) is 10.8 Å². The number of benzene rings is 2. The molecule has 5 nitrogen and oxygen atoms in total. The Morgan fingerprint density at radius 2 is 2.00 bits per heavy atom. The van der Waals surface area contributed by atoms with Crippen LogP contribution >= 0.6 is 0 Å². The second-order valence-electron chi connectivity index (χ2n) is 7.41. The fraction of sp³-hybridized carbons (Fsp3) is 0.304. The minimum Gasteiger partial charge on any atom is -0.484 e. The van der Waals surface area contributed by atoms with E-state index in [0.717, 1.165) is 23.6 Å². The van der Waals surface area contributed by atoms with E-state index in [0.29, 0.717) is 17.7 Å². The molecule has 1 atom stereocenters. The topological polar surface area (TPSA) is 63.2 Å². The Labute approximate surface area is 169 Å². The molecular weight excluding hydrogens is 369 g/mol. The first-order valence-electron chi connectivity index (χ1n) is 9.93. The second-order valence-corrected chi connectivity index (χ2v) is 7.41. The Hall–Kier alpha value is -3.15. The molecule has 0 saturated heterocycles. The minimum atomic E-state index is -0.503. The van der Waals surface area contributed by atoms with Gasteiger partial charge in [0.1, 0.15) is 5.60 Å². The molecule has 0 fully saturated rings. The number of nitrogens with one attached hydrogen (secondary N) is 2. The molecule has 0 aliphatic carbocycles. The van der Waals surface area contributed by atoms with Crippen molar-refractivity contribution in [3.05, 3.63) is 66.2 Å². The van der Waals surface area contributed by atoms with Crippen LogP contribution in [0.3, 0.4) is 0 Å². The summed E-state index contributed by atoms with van der Waals surface area (Å²) in [5, 5.41) is 7.79. The molecule has 1 aromatic heterocycles. The first kappa shape index (κ1) is 19.2. The van der Waals surface area contributed by atoms with E-state index in [1.165, 1.54) is 6.07 Å². The van der Waals surface area contributed by atoms with Crippen molar-refractivity contribution in [3.63, 3.8) is 0 Å². The molecule has 0 spiro atoms. The van der Waals surface area contributed by atoms with Gasteiger partial charge in [-0.05, 0) is 36.4 Å². The van der Waals surface area contributed by atoms with Gasteiger partial charge in [0.25, 0.3) is 0 Å². The summed E-state index contributed by atoms with van der Waals surface area (Å²) in [6.07, 6.45) is 5.48. The van der Waals surface area contributed by atoms with Crippen LogP contribution in [0, 0.1) is 5.82 Å². The number of pyridine rings is 1. The molecule has 2 aromatic carbocycles. The van der Waals surface area contributed by atoms with E-state index in [9.17, 15) is 9.18 Å². The summed E-state index contributed by atoms with van der Waals surface area (Å²) >= 11 is 0. The second kappa shape index (κ2) is 7.70. The number of hydrogen-bond acceptors (Lipinski definition) is 3. The monoisotopic (exact) mass is 393 g/mol. The van der Waals surface area contributed by atoms with Gasteiger partial charge in [-0.1, -0.05) is 38.1 Å². The molecule has 1 aliphatic heterocycles. The first-order chi connectivity index (χ1) is 14.0. The number of ether oxygens (including phenoxy) is 1. The summed E-state index contributed by atoms with van der Waals surface area (Å²) in [6.45, 7) is 4.05. The lowest BCUT2D eigenvalue weighted by molar-refractivity contribution is 0.0205. The average molecular weight is 393 g/mol. The van der Waals surface area contributed by atoms with Crippen molar-refractivity contribution in [3.8, 4) is 5.75 Å². The number of halogens is 1. The molecule has 29 heavy (non-hydrogen) atoms. The number of amides is 2. The maximum absolute atomic E-state index is 14.5. The maximum Gasteiger partial charge on any atom is 0.319 e. The zero-order valence-corrected chi connectivity index (χ0v) is 16.5. The molecule has 2 amide bonds. The number of nitrogens with zero attached hydrogens (tertiary/aromatic N) is 1. The molecule has 0 unspecified atom stereocenters. The van der Waals surface area contributed by atoms with Gasteiger partial charge in [-0.15, -0.1) is 0 Å². The number of carbonyl (C=O) groups excluding carboxylic acids is 1. The van der Waals surface area contributed by atoms with Gasteiger partial charge in [-0.3, -0.25) is 4.98 Å². The molecule has 1 aliphatic rings. The van der Waals surface area contributed by atoms with E-state index in [1.807, 2.05) is 38.1 Å². The number of hydrogen-bond donors (Lipinski definition) is 2. The van der Waals surface area contributed by atoms with E-state index in [2.05, 4.69) is 15.6 Å². The quantitative estimate of drug-likeness (QED) is 0.608. The van der Waals surface area contributed by atoms with E-state index in [4.69, 9.17) is 4.74 Å². The van der Waals surface area contributed by atoms with Crippen LogP contribution in [0.5, 0.6) is 5.75 Å². The van der Waals surface area contributed by atoms with E-state index in [-0.39, 0.29) is 17.8 Å². The summed E-state index contributed by atoms with van der Waals surface area (Å²) in [7, 11) is 0. The van der Waals surface area contributed by atoms with Crippen molar-refractivity contribution >= 4 is 22.5 Å². The van der Waals surface area contributed by atoms with Crippen molar-refractivity contribution in [1.82, 2.24) is 10.3 Å². The molecule has 0 bridgehead atoms. The van der Waals surface area contributed by atoms with Crippen molar-refractivity contribution < 1.29 is 13.9 Å². The third-order valence-electron chi connectivity index (χ3n) is 5.79. The number of para-hydroxylation sites is 1. The Kier molecular flexibility index (Phi) is 5.09. The minimum absolute atomic E-state index is 0.238. The maximum atomic E-state index is 14.5. The van der Waals surface area contributed by atoms with Crippen molar-refractivity contribution in [1.29, 1.82) is 0 Å². The fourth-order valence-corrected chi connectivity index (χ4v) is 4.00. The van der Waals surface area contributed by atoms with Crippen LogP contribution in [-0.4, -0.2) is 16.6 Å². The van der Waals surface area contributed by atoms with Crippen LogP contribution in [0.2, 0.25) is 0 Å². The Bertz CT molecular complexity index is 1040. The smallest absolute Gasteiger partial charge is 0.319 e. The molecule has 2 N–H and O–H groups in total. The lowest BCUT2D eigenvalue weighted by atomic mass is 9.83. The number of aromatic nitrogens is 1. The van der Waals surface area contributed by atoms with Crippen LogP contribution in [0.4, 0.5) is 14.9 Å². The number of anilines is 1. The third kappa shape index (κ3) is 3.62. The molecule has 2 heterocycles. The van der Waals surface area contributed by atoms with E-state index < -0.39 is 11.4 Å². The Morgan fingerprint density at radius 3 is 2.79 bits per heavy atom. The van der Waals surface area contributed by atoms with Crippen molar-refractivity contribution in [2.24, 2.45) is 0 Å². The summed E-state index contributed by atoms with van der Waals surface area (Å²) in [5.74, 6) is -0.164. The zero-order chi connectivity index (χ0) is 20.4. The van der Waals surface area contributed by atoms with E-state index in [1.54, 1.807) is 24.5 Å². The van der Waals surface area contributed by atoms with Gasteiger partial charge in [-0.2, -0.15) is 0 Å². The lowest BCUT2D eigenvalue weighted by Crippen LogP contribution is -2.45. The molecule has 0 radical (unpaired) electrons. The number of fused-ring (bicyclic) bond motifs is 2. The largest absolute Gasteiger partial charge is 0.484 e. The van der Waals surface area contributed by atoms with Gasteiger partial charge < -0.3 is 15.4 Å². The number of carbonyl (C=O) groups is 1. The summed E-state index contributed by atoms with van der Waals surface area (Å²) in [6, 6.07) is 11.7. The number of urea groups is 1. The highest BCUT2D eigenvalue weighted by Crippen LogP contribution is 2.44. The van der Waals surface area contributed by atoms with Gasteiger partial charge >= 0.3 is 6.03 Å². The highest BCUT2D eigenvalue weighted by molar-refractivity contribution is 6.01. The summed E-state index contributed by atoms with van der Waals surface area (Å²) in [4.78, 5) is 17.0. The Balaban J connectivity index is 1.61. The van der Waals surface area contributed by atoms with Crippen LogP contribution < -0.4 is 15.4 Å². The lowest BCUT2D eigenvalue weighted by Gasteiger charge is -2.41. The predicted molar refractivity (Wildman–Crippen MR) is 112 cm³/mol. The normalized spacial score (nSPS) is 17.3. The molecule has 150 valence electrons. The van der Waals surface area contributed by atoms with Crippen LogP contribution in [0.1, 0.15) is 44.7 Å². The molecule has 4 rings (SSSR count). The SMILES string of the molecule is CCC1(CC)C[C@@H](NC(=O)Nc2cccc3ccncc23)c2cccc(F)c2O1. The van der Waals surface area contributed by atoms with Gasteiger partial charge in [0.05, 0.1) is 11.7 Å². The average Bonchev–Trinajstić information content (AvgIpc) is 2.74.